The Bertz CT molecular complexity index is 1200. The number of benzene rings is 2. The summed E-state index contributed by atoms with van der Waals surface area (Å²) in [6.45, 7) is 7.14. The van der Waals surface area contributed by atoms with Gasteiger partial charge in [-0.1, -0.05) is 17.7 Å². The number of hydrogen-bond acceptors (Lipinski definition) is 4. The van der Waals surface area contributed by atoms with E-state index < -0.39 is 5.82 Å². The van der Waals surface area contributed by atoms with Crippen molar-refractivity contribution < 1.29 is 14.0 Å². The molecule has 2 N–H and O–H groups in total. The van der Waals surface area contributed by atoms with Crippen molar-refractivity contribution in [3.05, 3.63) is 64.7 Å². The van der Waals surface area contributed by atoms with Gasteiger partial charge >= 0.3 is 6.03 Å². The minimum Gasteiger partial charge on any atom is -0.338 e. The number of anilines is 1. The van der Waals surface area contributed by atoms with Crippen LogP contribution in [0.2, 0.25) is 0 Å². The Hall–Kier alpha value is -3.55. The molecule has 2 heterocycles. The summed E-state index contributed by atoms with van der Waals surface area (Å²) in [6, 6.07) is 9.84. The molecule has 7 nitrogen and oxygen atoms in total. The Morgan fingerprint density at radius 3 is 2.58 bits per heavy atom. The highest BCUT2D eigenvalue weighted by Crippen LogP contribution is 2.24. The predicted octanol–water partition coefficient (Wildman–Crippen LogP) is 4.37. The van der Waals surface area contributed by atoms with E-state index in [0.717, 1.165) is 24.1 Å². The normalized spacial score (nSPS) is 16.0. The lowest BCUT2D eigenvalue weighted by Crippen LogP contribution is -2.44. The van der Waals surface area contributed by atoms with E-state index >= 15 is 0 Å². The first-order valence-corrected chi connectivity index (χ1v) is 11.2. The average Bonchev–Trinajstić information content (AvgIpc) is 2.79. The van der Waals surface area contributed by atoms with Crippen LogP contribution in [0, 0.1) is 32.5 Å². The summed E-state index contributed by atoms with van der Waals surface area (Å²) in [4.78, 5) is 36.2. The second-order valence-electron chi connectivity index (χ2n) is 8.68. The first kappa shape index (κ1) is 22.6. The number of piperidine rings is 1. The summed E-state index contributed by atoms with van der Waals surface area (Å²) >= 11 is 0. The van der Waals surface area contributed by atoms with Crippen LogP contribution in [0.3, 0.4) is 0 Å². The van der Waals surface area contributed by atoms with Crippen molar-refractivity contribution in [2.45, 2.75) is 33.6 Å². The van der Waals surface area contributed by atoms with Gasteiger partial charge in [0.15, 0.2) is 0 Å². The van der Waals surface area contributed by atoms with Crippen LogP contribution in [0.1, 0.15) is 40.2 Å². The van der Waals surface area contributed by atoms with Gasteiger partial charge in [-0.15, -0.1) is 0 Å². The number of urea groups is 1. The van der Waals surface area contributed by atoms with E-state index in [4.69, 9.17) is 0 Å². The van der Waals surface area contributed by atoms with E-state index in [2.05, 4.69) is 20.6 Å². The smallest absolute Gasteiger partial charge is 0.319 e. The van der Waals surface area contributed by atoms with E-state index in [0.29, 0.717) is 42.1 Å². The number of amides is 3. The molecule has 1 aromatic heterocycles. The summed E-state index contributed by atoms with van der Waals surface area (Å²) in [5.41, 5.74) is 4.29. The molecule has 1 saturated heterocycles. The highest BCUT2D eigenvalue weighted by atomic mass is 19.1. The molecule has 1 aliphatic rings. The Morgan fingerprint density at radius 1 is 1.09 bits per heavy atom. The molecule has 1 unspecified atom stereocenters. The lowest BCUT2D eigenvalue weighted by molar-refractivity contribution is 0.0676. The molecule has 1 fully saturated rings. The van der Waals surface area contributed by atoms with Crippen LogP contribution in [0.15, 0.2) is 36.4 Å². The van der Waals surface area contributed by atoms with Gasteiger partial charge in [-0.25, -0.2) is 19.2 Å². The molecule has 0 radical (unpaired) electrons. The molecule has 0 bridgehead atoms. The average molecular weight is 450 g/mol. The molecule has 3 aromatic rings. The number of halogens is 1. The molecule has 172 valence electrons. The van der Waals surface area contributed by atoms with Crippen LogP contribution in [-0.4, -0.2) is 46.4 Å². The Morgan fingerprint density at radius 2 is 1.82 bits per heavy atom. The highest BCUT2D eigenvalue weighted by molar-refractivity contribution is 6.04. The maximum Gasteiger partial charge on any atom is 0.319 e. The first-order valence-electron chi connectivity index (χ1n) is 11.2. The van der Waals surface area contributed by atoms with Gasteiger partial charge in [0, 0.05) is 31.4 Å². The van der Waals surface area contributed by atoms with Crippen molar-refractivity contribution >= 4 is 28.7 Å². The van der Waals surface area contributed by atoms with E-state index in [-0.39, 0.29) is 23.4 Å². The minimum atomic E-state index is -0.508. The third-order valence-corrected chi connectivity index (χ3v) is 6.04. The molecule has 4 rings (SSSR count). The Labute approximate surface area is 192 Å². The van der Waals surface area contributed by atoms with E-state index in [1.807, 2.05) is 45.0 Å². The number of nitrogens with zero attached hydrogens (tertiary/aromatic N) is 3. The number of aryl methyl sites for hydroxylation is 3. The third-order valence-electron chi connectivity index (χ3n) is 6.04. The van der Waals surface area contributed by atoms with Crippen LogP contribution >= 0.6 is 0 Å². The summed E-state index contributed by atoms with van der Waals surface area (Å²) < 4.78 is 14.3. The van der Waals surface area contributed by atoms with Crippen molar-refractivity contribution in [2.75, 3.05) is 25.0 Å². The van der Waals surface area contributed by atoms with E-state index in [1.54, 1.807) is 4.90 Å². The largest absolute Gasteiger partial charge is 0.338 e. The number of likely N-dealkylation sites (tertiary alicyclic amines) is 1. The van der Waals surface area contributed by atoms with Gasteiger partial charge in [-0.3, -0.25) is 4.79 Å². The fraction of sp³-hybridized carbons (Fsp3) is 0.360. The van der Waals surface area contributed by atoms with Crippen molar-refractivity contribution in [2.24, 2.45) is 5.92 Å². The van der Waals surface area contributed by atoms with Crippen molar-refractivity contribution in [1.29, 1.82) is 0 Å². The van der Waals surface area contributed by atoms with Crippen molar-refractivity contribution in [1.82, 2.24) is 20.2 Å². The molecule has 1 atom stereocenters. The number of aromatic nitrogens is 2. The van der Waals surface area contributed by atoms with Crippen LogP contribution in [0.4, 0.5) is 14.9 Å². The highest BCUT2D eigenvalue weighted by Gasteiger charge is 2.27. The fourth-order valence-corrected chi connectivity index (χ4v) is 4.10. The lowest BCUT2D eigenvalue weighted by atomic mass is 9.97. The van der Waals surface area contributed by atoms with Crippen LogP contribution < -0.4 is 10.6 Å². The standard InChI is InChI=1S/C25H28FN5O2/c1-15-6-8-20(9-7-15)30-25(33)27-13-18-5-4-10-31(14-18)24(32)21-11-19(26)12-22-23(21)29-17(3)16(2)28-22/h6-9,11-12,18H,4-5,10,13-14H2,1-3H3,(H2,27,30,33). The molecule has 2 aromatic carbocycles. The van der Waals surface area contributed by atoms with Crippen LogP contribution in [0.5, 0.6) is 0 Å². The van der Waals surface area contributed by atoms with Gasteiger partial charge in [-0.2, -0.15) is 0 Å². The zero-order valence-electron chi connectivity index (χ0n) is 19.1. The predicted molar refractivity (Wildman–Crippen MR) is 126 cm³/mol. The van der Waals surface area contributed by atoms with E-state index in [1.165, 1.54) is 12.1 Å². The molecule has 3 amide bonds. The van der Waals surface area contributed by atoms with Gasteiger partial charge in [0.1, 0.15) is 11.3 Å². The quantitative estimate of drug-likeness (QED) is 0.619. The summed E-state index contributed by atoms with van der Waals surface area (Å²) in [5.74, 6) is -0.654. The maximum absolute atomic E-state index is 14.3. The summed E-state index contributed by atoms with van der Waals surface area (Å²) in [7, 11) is 0. The second kappa shape index (κ2) is 9.52. The molecule has 8 heteroatoms. The summed E-state index contributed by atoms with van der Waals surface area (Å²) in [5, 5.41) is 5.71. The van der Waals surface area contributed by atoms with Crippen molar-refractivity contribution in [3.8, 4) is 0 Å². The minimum absolute atomic E-state index is 0.112. The van der Waals surface area contributed by atoms with Gasteiger partial charge in [0.2, 0.25) is 0 Å². The molecule has 0 spiro atoms. The Kier molecular flexibility index (Phi) is 6.53. The molecule has 0 saturated carbocycles. The zero-order valence-corrected chi connectivity index (χ0v) is 19.1. The maximum atomic E-state index is 14.3. The topological polar surface area (TPSA) is 87.2 Å². The number of hydrogen-bond donors (Lipinski definition) is 2. The van der Waals surface area contributed by atoms with Crippen LogP contribution in [0.25, 0.3) is 11.0 Å². The van der Waals surface area contributed by atoms with Gasteiger partial charge in [0.05, 0.1) is 22.5 Å². The number of carbonyl (C=O) groups is 2. The molecule has 1 aliphatic heterocycles. The zero-order chi connectivity index (χ0) is 23.5. The van der Waals surface area contributed by atoms with Gasteiger partial charge in [-0.05, 0) is 57.7 Å². The van der Waals surface area contributed by atoms with E-state index in [9.17, 15) is 14.0 Å². The molecular formula is C25H28FN5O2. The molecular weight excluding hydrogens is 421 g/mol. The fourth-order valence-electron chi connectivity index (χ4n) is 4.10. The number of fused-ring (bicyclic) bond motifs is 1. The second-order valence-corrected chi connectivity index (χ2v) is 8.68. The summed E-state index contributed by atoms with van der Waals surface area (Å²) in [6.07, 6.45) is 1.71. The Balaban J connectivity index is 1.42. The monoisotopic (exact) mass is 449 g/mol. The van der Waals surface area contributed by atoms with Gasteiger partial charge < -0.3 is 15.5 Å². The van der Waals surface area contributed by atoms with Crippen LogP contribution in [-0.2, 0) is 0 Å². The third kappa shape index (κ3) is 5.27. The lowest BCUT2D eigenvalue weighted by Gasteiger charge is -2.33. The SMILES string of the molecule is Cc1ccc(NC(=O)NCC2CCCN(C(=O)c3cc(F)cc4nc(C)c(C)nc34)C2)cc1. The molecule has 0 aliphatic carbocycles. The number of nitrogens with one attached hydrogen (secondary N) is 2. The molecule has 33 heavy (non-hydrogen) atoms. The van der Waals surface area contributed by atoms with Gasteiger partial charge in [0.25, 0.3) is 5.91 Å². The number of rotatable bonds is 4. The first-order chi connectivity index (χ1) is 15.8. The number of carbonyl (C=O) groups excluding carboxylic acids is 2. The van der Waals surface area contributed by atoms with Crippen molar-refractivity contribution in [3.63, 3.8) is 0 Å².